The molecule has 0 bridgehead atoms. The van der Waals surface area contributed by atoms with Crippen LogP contribution in [-0.4, -0.2) is 31.6 Å². The number of hydrogen-bond donors (Lipinski definition) is 5. The fourth-order valence-electron chi connectivity index (χ4n) is 4.37. The van der Waals surface area contributed by atoms with E-state index in [2.05, 4.69) is 0 Å². The van der Waals surface area contributed by atoms with E-state index in [1.165, 1.54) is 18.2 Å². The van der Waals surface area contributed by atoms with E-state index in [0.29, 0.717) is 16.7 Å². The Morgan fingerprint density at radius 3 is 2.03 bits per heavy atom. The Kier molecular flexibility index (Phi) is 4.70. The molecule has 0 spiro atoms. The quantitative estimate of drug-likeness (QED) is 0.461. The Balaban J connectivity index is 2.26. The second kappa shape index (κ2) is 6.46. The van der Waals surface area contributed by atoms with Crippen LogP contribution in [0.15, 0.2) is 24.3 Å². The van der Waals surface area contributed by atoms with Crippen molar-refractivity contribution in [1.29, 1.82) is 0 Å². The molecule has 0 unspecified atom stereocenters. The molecule has 2 aromatic rings. The largest absolute Gasteiger partial charge is 0.507 e. The lowest BCUT2D eigenvalue weighted by Crippen LogP contribution is -2.57. The monoisotopic (exact) mass is 402 g/mol. The van der Waals surface area contributed by atoms with E-state index in [9.17, 15) is 25.5 Å². The van der Waals surface area contributed by atoms with E-state index in [1.54, 1.807) is 6.07 Å². The van der Waals surface area contributed by atoms with Crippen LogP contribution >= 0.6 is 0 Å². The molecule has 3 rings (SSSR count). The van der Waals surface area contributed by atoms with Crippen LogP contribution < -0.4 is 4.74 Å². The van der Waals surface area contributed by atoms with Gasteiger partial charge in [-0.1, -0.05) is 47.6 Å². The van der Waals surface area contributed by atoms with Crippen LogP contribution in [0.4, 0.5) is 0 Å². The van der Waals surface area contributed by atoms with E-state index >= 15 is 0 Å². The maximum absolute atomic E-state index is 11.3. The van der Waals surface area contributed by atoms with E-state index in [0.717, 1.165) is 0 Å². The highest BCUT2D eigenvalue weighted by molar-refractivity contribution is 5.60. The summed E-state index contributed by atoms with van der Waals surface area (Å²) in [7, 11) is 0. The van der Waals surface area contributed by atoms with Gasteiger partial charge in [0.15, 0.2) is 17.1 Å². The minimum atomic E-state index is -1.28. The maximum atomic E-state index is 11.3. The number of ether oxygens (including phenoxy) is 1. The zero-order valence-corrected chi connectivity index (χ0v) is 17.7. The average Bonchev–Trinajstić information content (AvgIpc) is 2.55. The predicted octanol–water partition coefficient (Wildman–Crippen LogP) is 4.04. The van der Waals surface area contributed by atoms with Crippen LogP contribution in [0.25, 0.3) is 0 Å². The molecule has 2 atom stereocenters. The third-order valence-electron chi connectivity index (χ3n) is 5.75. The van der Waals surface area contributed by atoms with Crippen molar-refractivity contribution < 1.29 is 30.3 Å². The molecular formula is C23H30O6. The number of benzene rings is 2. The molecule has 0 saturated heterocycles. The summed E-state index contributed by atoms with van der Waals surface area (Å²) in [6.45, 7) is 11.3. The SMILES string of the molecule is CC(C)(C)c1c(O)cc2c(c1O)C[C@H](O)[C@](c1ccc(O)c(O)c1)(C(C)(C)C)O2. The summed E-state index contributed by atoms with van der Waals surface area (Å²) in [5.41, 5.74) is -1.11. The second-order valence-corrected chi connectivity index (χ2v) is 9.86. The van der Waals surface area contributed by atoms with E-state index in [1.807, 2.05) is 41.5 Å². The zero-order chi connectivity index (χ0) is 21.9. The van der Waals surface area contributed by atoms with Crippen LogP contribution in [0.1, 0.15) is 58.2 Å². The topological polar surface area (TPSA) is 110 Å². The first kappa shape index (κ1) is 21.1. The molecule has 0 saturated carbocycles. The smallest absolute Gasteiger partial charge is 0.165 e. The lowest BCUT2D eigenvalue weighted by Gasteiger charge is -2.51. The Morgan fingerprint density at radius 2 is 1.52 bits per heavy atom. The lowest BCUT2D eigenvalue weighted by atomic mass is 9.66. The minimum absolute atomic E-state index is 0.0809. The number of aliphatic hydroxyl groups is 1. The summed E-state index contributed by atoms with van der Waals surface area (Å²) >= 11 is 0. The van der Waals surface area contributed by atoms with Crippen molar-refractivity contribution in [3.63, 3.8) is 0 Å². The normalized spacial score (nSPS) is 22.1. The molecule has 29 heavy (non-hydrogen) atoms. The predicted molar refractivity (Wildman–Crippen MR) is 110 cm³/mol. The fraction of sp³-hybridized carbons (Fsp3) is 0.478. The van der Waals surface area contributed by atoms with Crippen molar-refractivity contribution in [2.75, 3.05) is 0 Å². The summed E-state index contributed by atoms with van der Waals surface area (Å²) in [6, 6.07) is 5.79. The van der Waals surface area contributed by atoms with Crippen molar-refractivity contribution in [2.24, 2.45) is 5.41 Å². The summed E-state index contributed by atoms with van der Waals surface area (Å²) in [4.78, 5) is 0. The molecule has 1 heterocycles. The van der Waals surface area contributed by atoms with Crippen molar-refractivity contribution in [2.45, 2.75) is 65.1 Å². The van der Waals surface area contributed by atoms with Gasteiger partial charge in [0, 0.05) is 34.6 Å². The van der Waals surface area contributed by atoms with Gasteiger partial charge in [-0.2, -0.15) is 0 Å². The first-order valence-corrected chi connectivity index (χ1v) is 9.68. The third kappa shape index (κ3) is 3.15. The van der Waals surface area contributed by atoms with Gasteiger partial charge >= 0.3 is 0 Å². The van der Waals surface area contributed by atoms with Crippen molar-refractivity contribution in [3.8, 4) is 28.7 Å². The van der Waals surface area contributed by atoms with Crippen LogP contribution in [0.2, 0.25) is 0 Å². The molecule has 0 fully saturated rings. The zero-order valence-electron chi connectivity index (χ0n) is 17.7. The summed E-state index contributed by atoms with van der Waals surface area (Å²) in [5.74, 6) is -0.472. The number of phenols is 4. The number of aliphatic hydroxyl groups excluding tert-OH is 1. The van der Waals surface area contributed by atoms with Crippen molar-refractivity contribution in [3.05, 3.63) is 41.0 Å². The first-order chi connectivity index (χ1) is 13.2. The summed E-state index contributed by atoms with van der Waals surface area (Å²) in [5, 5.41) is 52.5. The van der Waals surface area contributed by atoms with Crippen molar-refractivity contribution >= 4 is 0 Å². The Labute approximate surface area is 171 Å². The van der Waals surface area contributed by atoms with Gasteiger partial charge in [-0.05, 0) is 17.5 Å². The van der Waals surface area contributed by atoms with Gasteiger partial charge in [0.1, 0.15) is 23.4 Å². The van der Waals surface area contributed by atoms with Gasteiger partial charge in [-0.15, -0.1) is 0 Å². The van der Waals surface area contributed by atoms with Crippen molar-refractivity contribution in [1.82, 2.24) is 0 Å². The van der Waals surface area contributed by atoms with Crippen LogP contribution in [-0.2, 0) is 17.4 Å². The molecular weight excluding hydrogens is 372 g/mol. The highest BCUT2D eigenvalue weighted by atomic mass is 16.5. The molecule has 5 N–H and O–H groups in total. The number of fused-ring (bicyclic) bond motifs is 1. The molecule has 2 aromatic carbocycles. The molecule has 0 aromatic heterocycles. The molecule has 0 amide bonds. The van der Waals surface area contributed by atoms with Gasteiger partial charge in [0.2, 0.25) is 0 Å². The number of phenolic OH excluding ortho intramolecular Hbond substituents is 4. The molecule has 1 aliphatic heterocycles. The Morgan fingerprint density at radius 1 is 0.897 bits per heavy atom. The number of aromatic hydroxyl groups is 4. The summed E-state index contributed by atoms with van der Waals surface area (Å²) < 4.78 is 6.34. The summed E-state index contributed by atoms with van der Waals surface area (Å²) in [6.07, 6.45) is -0.953. The van der Waals surface area contributed by atoms with Crippen LogP contribution in [0, 0.1) is 5.41 Å². The van der Waals surface area contributed by atoms with Crippen LogP contribution in [0.5, 0.6) is 28.7 Å². The second-order valence-electron chi connectivity index (χ2n) is 9.86. The van der Waals surface area contributed by atoms with Gasteiger partial charge in [-0.25, -0.2) is 0 Å². The molecule has 6 heteroatoms. The Hall–Kier alpha value is -2.60. The number of hydrogen-bond acceptors (Lipinski definition) is 6. The van der Waals surface area contributed by atoms with E-state index < -0.39 is 22.5 Å². The average molecular weight is 402 g/mol. The van der Waals surface area contributed by atoms with Crippen LogP contribution in [0.3, 0.4) is 0 Å². The molecule has 0 radical (unpaired) electrons. The lowest BCUT2D eigenvalue weighted by molar-refractivity contribution is -0.139. The molecule has 0 aliphatic carbocycles. The van der Waals surface area contributed by atoms with Gasteiger partial charge in [0.05, 0.1) is 0 Å². The van der Waals surface area contributed by atoms with Gasteiger partial charge in [-0.3, -0.25) is 0 Å². The van der Waals surface area contributed by atoms with Gasteiger partial charge < -0.3 is 30.3 Å². The molecule has 1 aliphatic rings. The maximum Gasteiger partial charge on any atom is 0.165 e. The fourth-order valence-corrected chi connectivity index (χ4v) is 4.37. The third-order valence-corrected chi connectivity index (χ3v) is 5.75. The highest BCUT2D eigenvalue weighted by Crippen LogP contribution is 2.55. The molecule has 6 nitrogen and oxygen atoms in total. The van der Waals surface area contributed by atoms with E-state index in [-0.39, 0.29) is 35.2 Å². The highest BCUT2D eigenvalue weighted by Gasteiger charge is 2.55. The van der Waals surface area contributed by atoms with Gasteiger partial charge in [0.25, 0.3) is 0 Å². The Bertz CT molecular complexity index is 951. The van der Waals surface area contributed by atoms with E-state index in [4.69, 9.17) is 4.74 Å². The number of rotatable bonds is 1. The minimum Gasteiger partial charge on any atom is -0.507 e. The standard InChI is InChI=1S/C23H30O6/c1-21(2,3)19-16(26)11-17-13(20(19)28)10-18(27)23(29-17,22(4,5)6)12-7-8-14(24)15(25)9-12/h7-9,11,18,24-28H,10H2,1-6H3/t18-,23+/m0/s1. The first-order valence-electron chi connectivity index (χ1n) is 9.68. The molecule has 158 valence electrons.